The average molecular weight is 206 g/mol. The molecule has 0 aromatic rings. The first-order chi connectivity index (χ1) is 3.15. The van der Waals surface area contributed by atoms with Gasteiger partial charge in [0.2, 0.25) is 0 Å². The van der Waals surface area contributed by atoms with Crippen LogP contribution in [0.3, 0.4) is 0 Å². The fraction of sp³-hybridized carbons (Fsp3) is 1.00. The van der Waals surface area contributed by atoms with Crippen molar-refractivity contribution in [1.82, 2.24) is 0 Å². The molecule has 7 heavy (non-hydrogen) atoms. The predicted molar refractivity (Wildman–Crippen MR) is 36.4 cm³/mol. The molecule has 49 valence electrons. The maximum atomic E-state index is 4.73. The predicted octanol–water partition coefficient (Wildman–Crippen LogP) is 2.73. The molecular formula is C3H9Cl2CoP. The van der Waals surface area contributed by atoms with Crippen LogP contribution >= 0.6 is 28.2 Å². The van der Waals surface area contributed by atoms with Crippen molar-refractivity contribution in [1.29, 1.82) is 0 Å². The van der Waals surface area contributed by atoms with E-state index >= 15 is 0 Å². The summed E-state index contributed by atoms with van der Waals surface area (Å²) in [5.74, 6) is 0. The molecule has 0 aromatic carbocycles. The molecule has 0 unspecified atom stereocenters. The minimum atomic E-state index is 0.380. The quantitative estimate of drug-likeness (QED) is 0.534. The Morgan fingerprint density at radius 1 is 1.14 bits per heavy atom. The molecule has 0 amide bonds. The normalized spacial score (nSPS) is 8.29. The number of hydrogen-bond donors (Lipinski definition) is 0. The third-order valence-electron chi connectivity index (χ3n) is 0. The Morgan fingerprint density at radius 2 is 1.14 bits per heavy atom. The molecule has 0 spiro atoms. The fourth-order valence-corrected chi connectivity index (χ4v) is 0. The van der Waals surface area contributed by atoms with Crippen molar-refractivity contribution in [2.24, 2.45) is 0 Å². The van der Waals surface area contributed by atoms with Crippen LogP contribution in [0.25, 0.3) is 0 Å². The summed E-state index contributed by atoms with van der Waals surface area (Å²) < 4.78 is 0. The number of rotatable bonds is 0. The van der Waals surface area contributed by atoms with E-state index in [1.807, 2.05) is 0 Å². The maximum absolute atomic E-state index is 4.73. The summed E-state index contributed by atoms with van der Waals surface area (Å²) in [6.07, 6.45) is 0. The Kier molecular flexibility index (Phi) is 17.0. The van der Waals surface area contributed by atoms with Crippen LogP contribution in [0.1, 0.15) is 0 Å². The summed E-state index contributed by atoms with van der Waals surface area (Å²) in [5, 5.41) is 0. The standard InChI is InChI=1S/C3H9P.2ClH.Co/c1-4(2)3;;;/h1-3H3;2*1H;/q;;;+2/p-2. The van der Waals surface area contributed by atoms with Crippen LogP contribution in [0.2, 0.25) is 0 Å². The number of hydrogen-bond acceptors (Lipinski definition) is 0. The van der Waals surface area contributed by atoms with Gasteiger partial charge >= 0.3 is 33.2 Å². The van der Waals surface area contributed by atoms with E-state index in [0.29, 0.717) is 20.8 Å². The summed E-state index contributed by atoms with van der Waals surface area (Å²) >= 11 is 0.382. The molecule has 0 heterocycles. The van der Waals surface area contributed by atoms with Gasteiger partial charge in [0.1, 0.15) is 0 Å². The summed E-state index contributed by atoms with van der Waals surface area (Å²) in [7, 11) is 9.84. The SMILES string of the molecule is CP(C)C.[Cl][Co][Cl]. The van der Waals surface area contributed by atoms with Crippen LogP contribution < -0.4 is 0 Å². The van der Waals surface area contributed by atoms with E-state index in [-0.39, 0.29) is 0 Å². The zero-order chi connectivity index (χ0) is 6.28. The van der Waals surface area contributed by atoms with E-state index in [2.05, 4.69) is 20.0 Å². The summed E-state index contributed by atoms with van der Waals surface area (Å²) in [5.41, 5.74) is 0. The van der Waals surface area contributed by atoms with Crippen LogP contribution in [0.4, 0.5) is 0 Å². The van der Waals surface area contributed by atoms with Crippen LogP contribution in [0.15, 0.2) is 0 Å². The molecule has 0 aliphatic rings. The van der Waals surface area contributed by atoms with Gasteiger partial charge in [0, 0.05) is 0 Å². The van der Waals surface area contributed by atoms with Crippen molar-refractivity contribution in [2.45, 2.75) is 0 Å². The zero-order valence-corrected chi connectivity index (χ0v) is 7.98. The summed E-state index contributed by atoms with van der Waals surface area (Å²) in [6, 6.07) is 0. The van der Waals surface area contributed by atoms with Gasteiger partial charge in [-0.1, -0.05) is 0 Å². The fourth-order valence-electron chi connectivity index (χ4n) is 0. The van der Waals surface area contributed by atoms with Crippen LogP contribution in [0, 0.1) is 0 Å². The van der Waals surface area contributed by atoms with Gasteiger partial charge in [-0.25, -0.2) is 0 Å². The third-order valence-corrected chi connectivity index (χ3v) is 0. The van der Waals surface area contributed by atoms with E-state index in [4.69, 9.17) is 20.3 Å². The van der Waals surface area contributed by atoms with Crippen molar-refractivity contribution < 1.29 is 12.9 Å². The van der Waals surface area contributed by atoms with Crippen molar-refractivity contribution in [2.75, 3.05) is 20.0 Å². The van der Waals surface area contributed by atoms with Gasteiger partial charge < -0.3 is 0 Å². The molecule has 0 aromatic heterocycles. The van der Waals surface area contributed by atoms with Gasteiger partial charge in [0.25, 0.3) is 0 Å². The molecule has 0 rings (SSSR count). The van der Waals surface area contributed by atoms with Gasteiger partial charge in [-0.2, -0.15) is 0 Å². The first kappa shape index (κ1) is 11.3. The van der Waals surface area contributed by atoms with Crippen molar-refractivity contribution in [3.63, 3.8) is 0 Å². The molecule has 0 saturated carbocycles. The Labute approximate surface area is 61.2 Å². The Bertz CT molecular complexity index is 24.1. The molecule has 0 N–H and O–H groups in total. The second kappa shape index (κ2) is 10.5. The van der Waals surface area contributed by atoms with E-state index < -0.39 is 0 Å². The van der Waals surface area contributed by atoms with Gasteiger partial charge in [-0.3, -0.25) is 0 Å². The zero-order valence-electron chi connectivity index (χ0n) is 4.54. The second-order valence-electron chi connectivity index (χ2n) is 1.39. The van der Waals surface area contributed by atoms with E-state index in [0.717, 1.165) is 0 Å². The average Bonchev–Trinajstić information content (AvgIpc) is 1.33. The van der Waals surface area contributed by atoms with E-state index in [9.17, 15) is 0 Å². The van der Waals surface area contributed by atoms with Crippen molar-refractivity contribution >= 4 is 28.2 Å². The topological polar surface area (TPSA) is 0 Å². The van der Waals surface area contributed by atoms with Crippen LogP contribution in [0.5, 0.6) is 0 Å². The first-order valence-corrected chi connectivity index (χ1v) is 7.14. The molecule has 0 bridgehead atoms. The van der Waals surface area contributed by atoms with E-state index in [1.54, 1.807) is 0 Å². The molecule has 0 saturated heterocycles. The van der Waals surface area contributed by atoms with Crippen molar-refractivity contribution in [3.8, 4) is 0 Å². The summed E-state index contributed by atoms with van der Waals surface area (Å²) in [4.78, 5) is 0. The van der Waals surface area contributed by atoms with Gasteiger partial charge in [0.05, 0.1) is 0 Å². The Morgan fingerprint density at radius 3 is 1.14 bits per heavy atom. The van der Waals surface area contributed by atoms with Crippen LogP contribution in [-0.4, -0.2) is 20.0 Å². The molecule has 0 radical (unpaired) electrons. The second-order valence-corrected chi connectivity index (χ2v) is 5.79. The molecule has 0 aliphatic heterocycles. The molecule has 0 atom stereocenters. The Balaban J connectivity index is 0. The van der Waals surface area contributed by atoms with Gasteiger partial charge in [-0.05, 0) is 20.0 Å². The van der Waals surface area contributed by atoms with Crippen LogP contribution in [-0.2, 0) is 12.9 Å². The van der Waals surface area contributed by atoms with Gasteiger partial charge in [-0.15, -0.1) is 7.92 Å². The third kappa shape index (κ3) is 99.5. The molecule has 0 nitrogen and oxygen atoms in total. The molecule has 4 heteroatoms. The molecule has 0 aliphatic carbocycles. The van der Waals surface area contributed by atoms with Gasteiger partial charge in [0.15, 0.2) is 0 Å². The number of halogens is 2. The summed E-state index contributed by atoms with van der Waals surface area (Å²) in [6.45, 7) is 6.69. The Hall–Kier alpha value is 1.52. The molecule has 0 fully saturated rings. The van der Waals surface area contributed by atoms with E-state index in [1.165, 1.54) is 0 Å². The molecular weight excluding hydrogens is 197 g/mol. The monoisotopic (exact) mass is 205 g/mol. The first-order valence-electron chi connectivity index (χ1n) is 1.59. The minimum absolute atomic E-state index is 0.380. The van der Waals surface area contributed by atoms with Crippen molar-refractivity contribution in [3.05, 3.63) is 0 Å².